The van der Waals surface area contributed by atoms with E-state index in [9.17, 15) is 9.18 Å². The lowest BCUT2D eigenvalue weighted by atomic mass is 9.95. The Morgan fingerprint density at radius 3 is 2.26 bits per heavy atom. The number of hydrogen-bond donors (Lipinski definition) is 0. The van der Waals surface area contributed by atoms with Gasteiger partial charge in [-0.3, -0.25) is 9.69 Å². The third-order valence-electron chi connectivity index (χ3n) is 4.56. The molecule has 0 bridgehead atoms. The van der Waals surface area contributed by atoms with Crippen molar-refractivity contribution in [1.82, 2.24) is 4.90 Å². The molecular weight excluding hydrogens is 289 g/mol. The third-order valence-corrected chi connectivity index (χ3v) is 4.56. The van der Waals surface area contributed by atoms with E-state index in [4.69, 9.17) is 0 Å². The van der Waals surface area contributed by atoms with Crippen LogP contribution in [0.4, 0.5) is 4.39 Å². The topological polar surface area (TPSA) is 20.3 Å². The summed E-state index contributed by atoms with van der Waals surface area (Å²) in [5.74, 6) is -0.0916. The van der Waals surface area contributed by atoms with E-state index >= 15 is 0 Å². The molecule has 23 heavy (non-hydrogen) atoms. The molecule has 2 aromatic rings. The highest BCUT2D eigenvalue weighted by Gasteiger charge is 2.25. The molecule has 1 fully saturated rings. The average Bonchev–Trinajstić information content (AvgIpc) is 2.62. The highest BCUT2D eigenvalue weighted by atomic mass is 19.1. The van der Waals surface area contributed by atoms with Gasteiger partial charge in [0.25, 0.3) is 0 Å². The van der Waals surface area contributed by atoms with Gasteiger partial charge in [0, 0.05) is 18.0 Å². The molecule has 2 aromatic carbocycles. The summed E-state index contributed by atoms with van der Waals surface area (Å²) in [5.41, 5.74) is 1.77. The zero-order valence-corrected chi connectivity index (χ0v) is 13.2. The van der Waals surface area contributed by atoms with Crippen LogP contribution >= 0.6 is 0 Å². The van der Waals surface area contributed by atoms with Crippen molar-refractivity contribution in [2.75, 3.05) is 13.1 Å². The number of rotatable bonds is 5. The van der Waals surface area contributed by atoms with Crippen LogP contribution in [-0.4, -0.2) is 23.8 Å². The quantitative estimate of drug-likeness (QED) is 0.751. The van der Waals surface area contributed by atoms with Crippen LogP contribution in [0.15, 0.2) is 54.6 Å². The van der Waals surface area contributed by atoms with Crippen LogP contribution in [0.25, 0.3) is 0 Å². The lowest BCUT2D eigenvalue weighted by molar-refractivity contribution is 0.0895. The van der Waals surface area contributed by atoms with Crippen LogP contribution in [0.1, 0.15) is 47.6 Å². The first-order valence-electron chi connectivity index (χ1n) is 8.32. The number of halogens is 1. The molecule has 120 valence electrons. The van der Waals surface area contributed by atoms with E-state index < -0.39 is 0 Å². The maximum absolute atomic E-state index is 13.2. The summed E-state index contributed by atoms with van der Waals surface area (Å²) in [5, 5.41) is 0. The van der Waals surface area contributed by atoms with Crippen molar-refractivity contribution in [3.05, 3.63) is 71.5 Å². The number of carbonyl (C=O) groups is 1. The molecule has 0 saturated carbocycles. The van der Waals surface area contributed by atoms with Crippen molar-refractivity contribution < 1.29 is 9.18 Å². The van der Waals surface area contributed by atoms with Gasteiger partial charge in [0.2, 0.25) is 0 Å². The van der Waals surface area contributed by atoms with Crippen molar-refractivity contribution >= 4 is 5.78 Å². The molecule has 1 unspecified atom stereocenters. The van der Waals surface area contributed by atoms with E-state index in [-0.39, 0.29) is 17.6 Å². The molecular formula is C20H22FNO. The van der Waals surface area contributed by atoms with Gasteiger partial charge < -0.3 is 0 Å². The van der Waals surface area contributed by atoms with Crippen molar-refractivity contribution in [3.8, 4) is 0 Å². The van der Waals surface area contributed by atoms with Crippen LogP contribution in [0, 0.1) is 5.82 Å². The molecule has 2 nitrogen and oxygen atoms in total. The summed E-state index contributed by atoms with van der Waals surface area (Å²) >= 11 is 0. The normalized spacial score (nSPS) is 16.9. The van der Waals surface area contributed by atoms with E-state index in [1.165, 1.54) is 18.6 Å². The summed E-state index contributed by atoms with van der Waals surface area (Å²) in [6.07, 6.45) is 4.02. The molecule has 0 N–H and O–H groups in total. The van der Waals surface area contributed by atoms with E-state index in [0.29, 0.717) is 6.42 Å². The van der Waals surface area contributed by atoms with E-state index in [1.54, 1.807) is 0 Å². The van der Waals surface area contributed by atoms with Gasteiger partial charge in [-0.15, -0.1) is 0 Å². The Hall–Kier alpha value is -2.00. The molecule has 3 heteroatoms. The summed E-state index contributed by atoms with van der Waals surface area (Å²) < 4.78 is 13.2. The fourth-order valence-corrected chi connectivity index (χ4v) is 3.29. The Morgan fingerprint density at radius 2 is 1.61 bits per heavy atom. The Morgan fingerprint density at radius 1 is 0.957 bits per heavy atom. The number of benzene rings is 2. The van der Waals surface area contributed by atoms with Gasteiger partial charge in [-0.2, -0.15) is 0 Å². The molecule has 1 aliphatic heterocycles. The summed E-state index contributed by atoms with van der Waals surface area (Å²) in [6.45, 7) is 2.01. The highest BCUT2D eigenvalue weighted by Crippen LogP contribution is 2.29. The Balaban J connectivity index is 1.82. The maximum atomic E-state index is 13.2. The number of carbonyl (C=O) groups excluding carboxylic acids is 1. The molecule has 1 heterocycles. The smallest absolute Gasteiger partial charge is 0.164 e. The summed E-state index contributed by atoms with van der Waals surface area (Å²) in [7, 11) is 0. The Labute approximate surface area is 136 Å². The minimum Gasteiger partial charge on any atom is -0.296 e. The Bertz CT molecular complexity index is 632. The maximum Gasteiger partial charge on any atom is 0.164 e. The van der Waals surface area contributed by atoms with Crippen molar-refractivity contribution in [1.29, 1.82) is 0 Å². The van der Waals surface area contributed by atoms with Crippen LogP contribution < -0.4 is 0 Å². The number of Topliss-reactive ketones (excluding diaryl/α,β-unsaturated/α-hetero) is 1. The second kappa shape index (κ2) is 7.51. The van der Waals surface area contributed by atoms with E-state index in [0.717, 1.165) is 37.1 Å². The third kappa shape index (κ3) is 4.05. The molecule has 0 amide bonds. The lowest BCUT2D eigenvalue weighted by Gasteiger charge is -2.34. The van der Waals surface area contributed by atoms with E-state index in [1.807, 2.05) is 42.5 Å². The number of likely N-dealkylation sites (tertiary alicyclic amines) is 1. The number of nitrogens with zero attached hydrogens (tertiary/aromatic N) is 1. The zero-order chi connectivity index (χ0) is 16.1. The minimum absolute atomic E-state index is 0.0311. The first-order valence-corrected chi connectivity index (χ1v) is 8.32. The predicted molar refractivity (Wildman–Crippen MR) is 90.0 cm³/mol. The first kappa shape index (κ1) is 15.9. The molecule has 3 rings (SSSR count). The highest BCUT2D eigenvalue weighted by molar-refractivity contribution is 5.96. The summed E-state index contributed by atoms with van der Waals surface area (Å²) in [6, 6.07) is 16.0. The van der Waals surface area contributed by atoms with Crippen molar-refractivity contribution in [2.24, 2.45) is 0 Å². The zero-order valence-electron chi connectivity index (χ0n) is 13.2. The van der Waals surface area contributed by atoms with Crippen molar-refractivity contribution in [2.45, 2.75) is 31.7 Å². The van der Waals surface area contributed by atoms with E-state index in [2.05, 4.69) is 4.90 Å². The van der Waals surface area contributed by atoms with Gasteiger partial charge in [0.05, 0.1) is 0 Å². The number of piperidine rings is 1. The largest absolute Gasteiger partial charge is 0.296 e. The molecule has 1 saturated heterocycles. The fraction of sp³-hybridized carbons (Fsp3) is 0.350. The van der Waals surface area contributed by atoms with Crippen LogP contribution in [0.5, 0.6) is 0 Å². The van der Waals surface area contributed by atoms with Crippen LogP contribution in [0.2, 0.25) is 0 Å². The monoisotopic (exact) mass is 311 g/mol. The average molecular weight is 311 g/mol. The molecule has 1 aliphatic rings. The van der Waals surface area contributed by atoms with Gasteiger partial charge in [0.15, 0.2) is 5.78 Å². The number of ketones is 1. The Kier molecular flexibility index (Phi) is 5.19. The second-order valence-electron chi connectivity index (χ2n) is 6.16. The second-order valence-corrected chi connectivity index (χ2v) is 6.16. The fourth-order valence-electron chi connectivity index (χ4n) is 3.29. The van der Waals surface area contributed by atoms with Gasteiger partial charge in [-0.05, 0) is 43.6 Å². The number of hydrogen-bond acceptors (Lipinski definition) is 2. The molecule has 0 aromatic heterocycles. The standard InChI is InChI=1S/C20H22FNO/c21-18-11-9-16(10-12-18)19(22-13-5-2-6-14-22)15-20(23)17-7-3-1-4-8-17/h1,3-4,7-12,19H,2,5-6,13-15H2. The minimum atomic E-state index is -0.236. The van der Waals surface area contributed by atoms with Gasteiger partial charge >= 0.3 is 0 Å². The van der Waals surface area contributed by atoms with Gasteiger partial charge in [-0.25, -0.2) is 4.39 Å². The molecule has 1 atom stereocenters. The molecule has 0 spiro atoms. The molecule has 0 aliphatic carbocycles. The predicted octanol–water partition coefficient (Wildman–Crippen LogP) is 4.63. The first-order chi connectivity index (χ1) is 11.2. The molecule has 0 radical (unpaired) electrons. The van der Waals surface area contributed by atoms with Crippen LogP contribution in [-0.2, 0) is 0 Å². The summed E-state index contributed by atoms with van der Waals surface area (Å²) in [4.78, 5) is 15.0. The van der Waals surface area contributed by atoms with Crippen molar-refractivity contribution in [3.63, 3.8) is 0 Å². The van der Waals surface area contributed by atoms with Gasteiger partial charge in [0.1, 0.15) is 5.82 Å². The van der Waals surface area contributed by atoms with Crippen LogP contribution in [0.3, 0.4) is 0 Å². The SMILES string of the molecule is O=C(CC(c1ccc(F)cc1)N1CCCCC1)c1ccccc1. The lowest BCUT2D eigenvalue weighted by Crippen LogP contribution is -2.35. The van der Waals surface area contributed by atoms with Gasteiger partial charge in [-0.1, -0.05) is 48.9 Å².